The number of fused-ring (bicyclic) bond motifs is 1. The van der Waals surface area contributed by atoms with Crippen LogP contribution < -0.4 is 0 Å². The molecule has 118 valence electrons. The van der Waals surface area contributed by atoms with Crippen LogP contribution in [-0.2, 0) is 26.2 Å². The third-order valence-corrected chi connectivity index (χ3v) is 3.43. The van der Waals surface area contributed by atoms with Gasteiger partial charge in [-0.05, 0) is 6.92 Å². The number of allylic oxidation sites excluding steroid dienone is 4. The smallest absolute Gasteiger partial charge is 0.269 e. The average Bonchev–Trinajstić information content (AvgIpc) is 3.01. The van der Waals surface area contributed by atoms with Crippen LogP contribution in [0.15, 0.2) is 48.1 Å². The Balaban J connectivity index is 0. The number of hydrogen-bond donors (Lipinski definition) is 0. The molecule has 0 aromatic heterocycles. The minimum Gasteiger partial charge on any atom is -0.269 e. The van der Waals surface area contributed by atoms with E-state index in [9.17, 15) is 0 Å². The van der Waals surface area contributed by atoms with Crippen molar-refractivity contribution in [1.82, 2.24) is 0 Å². The molecule has 0 fully saturated rings. The third-order valence-electron chi connectivity index (χ3n) is 3.43. The van der Waals surface area contributed by atoms with Crippen molar-refractivity contribution in [3.05, 3.63) is 65.3 Å². The van der Waals surface area contributed by atoms with E-state index in [4.69, 9.17) is 0 Å². The molecule has 0 saturated heterocycles. The van der Waals surface area contributed by atoms with E-state index in [-0.39, 0.29) is 51.0 Å². The molecule has 2 aromatic carbocycles. The molecule has 0 bridgehead atoms. The quantitative estimate of drug-likeness (QED) is 0.493. The van der Waals surface area contributed by atoms with E-state index in [1.54, 1.807) is 0 Å². The molecule has 3 rings (SSSR count). The van der Waals surface area contributed by atoms with Gasteiger partial charge in [0, 0.05) is 0 Å². The van der Waals surface area contributed by atoms with Gasteiger partial charge in [0.15, 0.2) is 0 Å². The van der Waals surface area contributed by atoms with Gasteiger partial charge in [0.1, 0.15) is 0 Å². The minimum absolute atomic E-state index is 0. The molecule has 0 amide bonds. The molecule has 0 atom stereocenters. The normalized spacial score (nSPS) is 11.5. The zero-order valence-corrected chi connectivity index (χ0v) is 17.6. The summed E-state index contributed by atoms with van der Waals surface area (Å²) in [5.41, 5.74) is 4.11. The Morgan fingerprint density at radius 2 is 1.91 bits per heavy atom. The summed E-state index contributed by atoms with van der Waals surface area (Å²) >= 11 is 0. The molecule has 22 heavy (non-hydrogen) atoms. The van der Waals surface area contributed by atoms with E-state index in [1.807, 2.05) is 0 Å². The van der Waals surface area contributed by atoms with Crippen molar-refractivity contribution in [3.8, 4) is 0 Å². The summed E-state index contributed by atoms with van der Waals surface area (Å²) in [6.07, 6.45) is 11.1. The fourth-order valence-corrected chi connectivity index (χ4v) is 2.37. The zero-order chi connectivity index (χ0) is 13.7. The van der Waals surface area contributed by atoms with Crippen LogP contribution in [-0.4, -0.2) is 0 Å². The summed E-state index contributed by atoms with van der Waals surface area (Å²) in [6.45, 7) is 6.47. The topological polar surface area (TPSA) is 0 Å². The Hall–Kier alpha value is -0.227. The van der Waals surface area contributed by atoms with E-state index in [2.05, 4.69) is 69.3 Å². The van der Waals surface area contributed by atoms with Crippen LogP contribution in [0.3, 0.4) is 0 Å². The van der Waals surface area contributed by atoms with Gasteiger partial charge >= 0.3 is 26.2 Å². The Bertz CT molecular complexity index is 609. The number of halogens is 2. The third kappa shape index (κ3) is 6.90. The van der Waals surface area contributed by atoms with E-state index in [1.165, 1.54) is 40.3 Å². The average molecular weight is 415 g/mol. The monoisotopic (exact) mass is 412 g/mol. The molecule has 0 unspecified atom stereocenters. The first kappa shape index (κ1) is 24.0. The summed E-state index contributed by atoms with van der Waals surface area (Å²) < 4.78 is 0. The summed E-state index contributed by atoms with van der Waals surface area (Å²) in [6, 6.07) is 10.9. The van der Waals surface area contributed by atoms with Gasteiger partial charge < -0.3 is 0 Å². The van der Waals surface area contributed by atoms with E-state index >= 15 is 0 Å². The molecule has 0 spiro atoms. The summed E-state index contributed by atoms with van der Waals surface area (Å²) in [5, 5.41) is 2.75. The van der Waals surface area contributed by atoms with Gasteiger partial charge in [-0.3, -0.25) is 6.08 Å². The largest absolute Gasteiger partial charge is 2.00 e. The maximum Gasteiger partial charge on any atom is 2.00 e. The van der Waals surface area contributed by atoms with Crippen LogP contribution in [0.2, 0.25) is 0 Å². The molecule has 1 aliphatic rings. The van der Waals surface area contributed by atoms with Gasteiger partial charge in [0.2, 0.25) is 0 Å². The molecule has 0 heterocycles. The zero-order valence-electron chi connectivity index (χ0n) is 13.5. The van der Waals surface area contributed by atoms with Crippen LogP contribution in [0.25, 0.3) is 10.8 Å². The predicted molar refractivity (Wildman–Crippen MR) is 98.9 cm³/mol. The van der Waals surface area contributed by atoms with Crippen molar-refractivity contribution in [2.75, 3.05) is 0 Å². The Kier molecular flexibility index (Phi) is 13.4. The maximum atomic E-state index is 3.26. The van der Waals surface area contributed by atoms with E-state index in [0.29, 0.717) is 0 Å². The maximum absolute atomic E-state index is 3.26. The first-order chi connectivity index (χ1) is 9.20. The van der Waals surface area contributed by atoms with Crippen LogP contribution >= 0.6 is 24.8 Å². The summed E-state index contributed by atoms with van der Waals surface area (Å²) in [5.74, 6) is 0. The number of benzene rings is 1. The first-order valence-electron chi connectivity index (χ1n) is 7.09. The molecule has 0 aliphatic heterocycles. The molecular weight excluding hydrogens is 390 g/mol. The van der Waals surface area contributed by atoms with E-state index < -0.39 is 0 Å². The van der Waals surface area contributed by atoms with Gasteiger partial charge in [-0.15, -0.1) is 65.8 Å². The standard InChI is InChI=1S/C11H11.C8H11.2ClH.Zr/c1-8-3-6-11-9(2)4-5-10(11)7-8;1-2-5-8-6-3-4-7-8;;;/h3-7H,1-2H3;3,6H,2,4-5H2,1H3;2*1H;/q2*-1;;;+2. The Morgan fingerprint density at radius 3 is 2.50 bits per heavy atom. The van der Waals surface area contributed by atoms with Crippen LogP contribution in [0.5, 0.6) is 0 Å². The van der Waals surface area contributed by atoms with Crippen LogP contribution in [0.4, 0.5) is 0 Å². The second-order valence-electron chi connectivity index (χ2n) is 5.17. The summed E-state index contributed by atoms with van der Waals surface area (Å²) in [4.78, 5) is 0. The van der Waals surface area contributed by atoms with Crippen LogP contribution in [0, 0.1) is 19.9 Å². The number of aryl methyl sites for hydroxylation is 2. The minimum atomic E-state index is 0. The van der Waals surface area contributed by atoms with E-state index in [0.717, 1.165) is 6.42 Å². The molecule has 0 saturated carbocycles. The van der Waals surface area contributed by atoms with Gasteiger partial charge in [-0.2, -0.15) is 18.2 Å². The Labute approximate surface area is 166 Å². The van der Waals surface area contributed by atoms with Gasteiger partial charge in [-0.1, -0.05) is 32.3 Å². The Morgan fingerprint density at radius 1 is 1.18 bits per heavy atom. The molecule has 1 aliphatic carbocycles. The fraction of sp³-hybridized carbons (Fsp3) is 0.316. The van der Waals surface area contributed by atoms with Gasteiger partial charge in [0.05, 0.1) is 0 Å². The van der Waals surface area contributed by atoms with Crippen molar-refractivity contribution in [2.45, 2.75) is 40.0 Å². The molecule has 0 nitrogen and oxygen atoms in total. The van der Waals surface area contributed by atoms with Crippen molar-refractivity contribution in [2.24, 2.45) is 0 Å². The van der Waals surface area contributed by atoms with Gasteiger partial charge in [-0.25, -0.2) is 11.6 Å². The number of hydrogen-bond acceptors (Lipinski definition) is 0. The molecule has 3 heteroatoms. The second kappa shape index (κ2) is 12.2. The molecular formula is C19H24Cl2Zr. The van der Waals surface area contributed by atoms with Gasteiger partial charge in [0.25, 0.3) is 0 Å². The predicted octanol–water partition coefficient (Wildman–Crippen LogP) is 6.49. The van der Waals surface area contributed by atoms with Crippen molar-refractivity contribution in [1.29, 1.82) is 0 Å². The van der Waals surface area contributed by atoms with Crippen molar-refractivity contribution >= 4 is 35.6 Å². The van der Waals surface area contributed by atoms with Crippen LogP contribution in [0.1, 0.15) is 37.3 Å². The molecule has 2 aromatic rings. The SMILES string of the molecule is CCCC1=[C-]CC=C1.Cc1ccc2c(cc[c-]2C)c1.Cl.Cl.[Zr+2]. The summed E-state index contributed by atoms with van der Waals surface area (Å²) in [7, 11) is 0. The first-order valence-corrected chi connectivity index (χ1v) is 7.09. The number of rotatable bonds is 2. The second-order valence-corrected chi connectivity index (χ2v) is 5.17. The molecule has 0 N–H and O–H groups in total. The fourth-order valence-electron chi connectivity index (χ4n) is 2.37. The van der Waals surface area contributed by atoms with Crippen molar-refractivity contribution < 1.29 is 26.2 Å². The molecule has 0 radical (unpaired) electrons. The van der Waals surface area contributed by atoms with Crippen molar-refractivity contribution in [3.63, 3.8) is 0 Å².